The normalized spacial score (nSPS) is 10.9. The summed E-state index contributed by atoms with van der Waals surface area (Å²) in [6, 6.07) is 65.7. The van der Waals surface area contributed by atoms with Crippen LogP contribution in [-0.4, -0.2) is 19.9 Å². The summed E-state index contributed by atoms with van der Waals surface area (Å²) in [6.45, 7) is 0. The number of nitriles is 1. The number of fused-ring (bicyclic) bond motifs is 1. The molecule has 0 saturated carbocycles. The third kappa shape index (κ3) is 6.52. The molecule has 0 aliphatic carbocycles. The van der Waals surface area contributed by atoms with E-state index in [4.69, 9.17) is 19.9 Å². The minimum atomic E-state index is 0.610. The van der Waals surface area contributed by atoms with Gasteiger partial charge in [0.05, 0.1) is 45.4 Å². The quantitative estimate of drug-likeness (QED) is 0.166. The molecule has 5 nitrogen and oxygen atoms in total. The molecule has 0 N–H and O–H groups in total. The van der Waals surface area contributed by atoms with Gasteiger partial charge >= 0.3 is 0 Å². The smallest absolute Gasteiger partial charge is 0.160 e. The monoisotopic (exact) mass is 689 g/mol. The van der Waals surface area contributed by atoms with Crippen molar-refractivity contribution in [2.45, 2.75) is 0 Å². The SMILES string of the molecule is N#Cc1ccc(-c2nc3ccccc3nc2-c2ccc(-c3ccc(-c4ccc(-c5nc(-c6ccccc6)cc(-c6ccccc6)n5)cc4)cc3)cc2)cc1. The minimum absolute atomic E-state index is 0.610. The van der Waals surface area contributed by atoms with E-state index in [0.717, 1.165) is 83.9 Å². The molecule has 0 saturated heterocycles. The fourth-order valence-electron chi connectivity index (χ4n) is 6.68. The van der Waals surface area contributed by atoms with Crippen LogP contribution in [0.5, 0.6) is 0 Å². The maximum absolute atomic E-state index is 9.31. The first kappa shape index (κ1) is 32.4. The van der Waals surface area contributed by atoms with E-state index >= 15 is 0 Å². The Labute approximate surface area is 313 Å². The summed E-state index contributed by atoms with van der Waals surface area (Å²) in [5, 5.41) is 9.31. The molecular formula is C49H31N5. The molecule has 2 aromatic heterocycles. The second-order valence-electron chi connectivity index (χ2n) is 13.0. The van der Waals surface area contributed by atoms with Gasteiger partial charge in [0.1, 0.15) is 0 Å². The van der Waals surface area contributed by atoms with E-state index in [0.29, 0.717) is 11.4 Å². The fraction of sp³-hybridized carbons (Fsp3) is 0. The summed E-state index contributed by atoms with van der Waals surface area (Å²) < 4.78 is 0. The molecule has 252 valence electrons. The van der Waals surface area contributed by atoms with Crippen molar-refractivity contribution in [3.8, 4) is 84.7 Å². The molecule has 7 aromatic carbocycles. The maximum Gasteiger partial charge on any atom is 0.160 e. The molecule has 0 fully saturated rings. The van der Waals surface area contributed by atoms with Crippen LogP contribution in [0.2, 0.25) is 0 Å². The molecule has 0 aliphatic rings. The average molecular weight is 690 g/mol. The van der Waals surface area contributed by atoms with Crippen molar-refractivity contribution in [1.29, 1.82) is 5.26 Å². The van der Waals surface area contributed by atoms with Gasteiger partial charge in [-0.15, -0.1) is 0 Å². The number of aromatic nitrogens is 4. The second-order valence-corrected chi connectivity index (χ2v) is 13.0. The molecule has 0 amide bonds. The lowest BCUT2D eigenvalue weighted by Crippen LogP contribution is -1.96. The third-order valence-electron chi connectivity index (χ3n) is 9.58. The summed E-state index contributed by atoms with van der Waals surface area (Å²) in [7, 11) is 0. The first-order valence-electron chi connectivity index (χ1n) is 17.8. The van der Waals surface area contributed by atoms with E-state index in [1.165, 1.54) is 0 Å². The highest BCUT2D eigenvalue weighted by Crippen LogP contribution is 2.34. The lowest BCUT2D eigenvalue weighted by Gasteiger charge is -2.12. The average Bonchev–Trinajstić information content (AvgIpc) is 3.26. The van der Waals surface area contributed by atoms with Crippen molar-refractivity contribution in [2.75, 3.05) is 0 Å². The Balaban J connectivity index is 0.982. The molecule has 9 aromatic rings. The minimum Gasteiger partial charge on any atom is -0.244 e. The molecule has 9 rings (SSSR count). The fourth-order valence-corrected chi connectivity index (χ4v) is 6.68. The Hall–Kier alpha value is -7.55. The van der Waals surface area contributed by atoms with Crippen LogP contribution < -0.4 is 0 Å². The van der Waals surface area contributed by atoms with E-state index in [9.17, 15) is 5.26 Å². The number of para-hydroxylation sites is 2. The van der Waals surface area contributed by atoms with Gasteiger partial charge in [-0.25, -0.2) is 19.9 Å². The standard InChI is InChI=1S/C49H31N5/c50-32-33-15-17-40(18-16-33)47-48(52-44-14-8-7-13-43(44)51-47)41-27-23-36(24-28-41)34-19-21-35(22-20-34)37-25-29-42(30-26-37)49-53-45(38-9-3-1-4-10-38)31-46(54-49)39-11-5-2-6-12-39/h1-31H. The molecule has 0 aliphatic heterocycles. The molecule has 0 radical (unpaired) electrons. The lowest BCUT2D eigenvalue weighted by molar-refractivity contribution is 1.18. The van der Waals surface area contributed by atoms with Crippen LogP contribution in [0, 0.1) is 11.3 Å². The van der Waals surface area contributed by atoms with Crippen molar-refractivity contribution >= 4 is 11.0 Å². The Morgan fingerprint density at radius 1 is 0.315 bits per heavy atom. The van der Waals surface area contributed by atoms with Crippen molar-refractivity contribution in [3.63, 3.8) is 0 Å². The van der Waals surface area contributed by atoms with Gasteiger partial charge in [-0.1, -0.05) is 158 Å². The topological polar surface area (TPSA) is 75.3 Å². The predicted octanol–water partition coefficient (Wildman–Crippen LogP) is 12.0. The van der Waals surface area contributed by atoms with Crippen molar-refractivity contribution in [3.05, 3.63) is 194 Å². The zero-order valence-corrected chi connectivity index (χ0v) is 29.1. The van der Waals surface area contributed by atoms with Crippen molar-refractivity contribution < 1.29 is 0 Å². The highest BCUT2D eigenvalue weighted by molar-refractivity contribution is 5.87. The summed E-state index contributed by atoms with van der Waals surface area (Å²) in [4.78, 5) is 20.0. The molecular weight excluding hydrogens is 659 g/mol. The van der Waals surface area contributed by atoms with Crippen LogP contribution in [0.15, 0.2) is 188 Å². The second kappa shape index (κ2) is 14.2. The molecule has 0 spiro atoms. The molecule has 54 heavy (non-hydrogen) atoms. The Morgan fingerprint density at radius 3 is 1.07 bits per heavy atom. The molecule has 5 heteroatoms. The van der Waals surface area contributed by atoms with Crippen molar-refractivity contribution in [2.24, 2.45) is 0 Å². The van der Waals surface area contributed by atoms with Gasteiger partial charge in [0.15, 0.2) is 5.82 Å². The maximum atomic E-state index is 9.31. The van der Waals surface area contributed by atoms with Gasteiger partial charge in [0.25, 0.3) is 0 Å². The van der Waals surface area contributed by atoms with Gasteiger partial charge in [-0.05, 0) is 52.6 Å². The van der Waals surface area contributed by atoms with E-state index < -0.39 is 0 Å². The van der Waals surface area contributed by atoms with E-state index in [1.54, 1.807) is 0 Å². The number of nitrogens with zero attached hydrogens (tertiary/aromatic N) is 5. The first-order valence-corrected chi connectivity index (χ1v) is 17.8. The Bertz CT molecular complexity index is 2710. The molecule has 0 bridgehead atoms. The lowest BCUT2D eigenvalue weighted by atomic mass is 9.97. The van der Waals surface area contributed by atoms with Gasteiger partial charge in [0, 0.05) is 27.8 Å². The van der Waals surface area contributed by atoms with Gasteiger partial charge in [0.2, 0.25) is 0 Å². The number of rotatable bonds is 7. The highest BCUT2D eigenvalue weighted by Gasteiger charge is 2.15. The van der Waals surface area contributed by atoms with Crippen LogP contribution in [0.1, 0.15) is 5.56 Å². The molecule has 2 heterocycles. The number of hydrogen-bond donors (Lipinski definition) is 0. The van der Waals surface area contributed by atoms with Crippen LogP contribution in [0.4, 0.5) is 0 Å². The van der Waals surface area contributed by atoms with E-state index in [2.05, 4.69) is 109 Å². The molecule has 0 atom stereocenters. The van der Waals surface area contributed by atoms with Crippen LogP contribution in [0.3, 0.4) is 0 Å². The highest BCUT2D eigenvalue weighted by atomic mass is 14.9. The summed E-state index contributed by atoms with van der Waals surface area (Å²) >= 11 is 0. The Kier molecular flexibility index (Phi) is 8.53. The van der Waals surface area contributed by atoms with Crippen molar-refractivity contribution in [1.82, 2.24) is 19.9 Å². The van der Waals surface area contributed by atoms with Gasteiger partial charge in [-0.3, -0.25) is 0 Å². The summed E-state index contributed by atoms with van der Waals surface area (Å²) in [6.07, 6.45) is 0. The zero-order chi connectivity index (χ0) is 36.3. The third-order valence-corrected chi connectivity index (χ3v) is 9.58. The Morgan fingerprint density at radius 2 is 0.667 bits per heavy atom. The summed E-state index contributed by atoms with van der Waals surface area (Å²) in [5.41, 5.74) is 15.1. The van der Waals surface area contributed by atoms with Crippen LogP contribution in [0.25, 0.3) is 89.7 Å². The largest absolute Gasteiger partial charge is 0.244 e. The number of benzene rings is 7. The van der Waals surface area contributed by atoms with Crippen LogP contribution >= 0.6 is 0 Å². The summed E-state index contributed by atoms with van der Waals surface area (Å²) in [5.74, 6) is 0.694. The van der Waals surface area contributed by atoms with Gasteiger partial charge in [-0.2, -0.15) is 5.26 Å². The molecule has 0 unspecified atom stereocenters. The number of hydrogen-bond acceptors (Lipinski definition) is 5. The van der Waals surface area contributed by atoms with Gasteiger partial charge < -0.3 is 0 Å². The van der Waals surface area contributed by atoms with E-state index in [-0.39, 0.29) is 0 Å². The predicted molar refractivity (Wildman–Crippen MR) is 218 cm³/mol. The first-order chi connectivity index (χ1) is 26.7. The zero-order valence-electron chi connectivity index (χ0n) is 29.1. The van der Waals surface area contributed by atoms with E-state index in [1.807, 2.05) is 84.9 Å². The van der Waals surface area contributed by atoms with Crippen LogP contribution in [-0.2, 0) is 0 Å².